The van der Waals surface area contributed by atoms with Crippen LogP contribution in [0, 0.1) is 0 Å². The number of hydrogen-bond donors (Lipinski definition) is 2. The van der Waals surface area contributed by atoms with E-state index in [1.807, 2.05) is 0 Å². The minimum atomic E-state index is -3.36. The number of rotatable bonds is 2. The second-order valence-corrected chi connectivity index (χ2v) is 7.65. The molecule has 0 aromatic carbocycles. The molecule has 1 amide bonds. The number of piperidine rings is 1. The molecule has 8 heteroatoms. The van der Waals surface area contributed by atoms with Gasteiger partial charge in [-0.15, -0.1) is 4.40 Å². The van der Waals surface area contributed by atoms with Gasteiger partial charge < -0.3 is 15.5 Å². The van der Waals surface area contributed by atoms with Crippen molar-refractivity contribution in [3.8, 4) is 0 Å². The lowest BCUT2D eigenvalue weighted by atomic mass is 10.00. The first-order valence-corrected chi connectivity index (χ1v) is 9.07. The van der Waals surface area contributed by atoms with Crippen LogP contribution >= 0.6 is 0 Å². The molecule has 0 aromatic rings. The van der Waals surface area contributed by atoms with E-state index in [1.165, 1.54) is 0 Å². The molecule has 0 radical (unpaired) electrons. The fraction of sp³-hybridized carbons (Fsp3) is 0.571. The van der Waals surface area contributed by atoms with Crippen LogP contribution in [0.25, 0.3) is 0 Å². The molecule has 0 saturated carbocycles. The van der Waals surface area contributed by atoms with Crippen molar-refractivity contribution < 1.29 is 13.2 Å². The van der Waals surface area contributed by atoms with Crippen LogP contribution in [0.1, 0.15) is 19.8 Å². The van der Waals surface area contributed by atoms with Crippen LogP contribution in [0.15, 0.2) is 28.3 Å². The lowest BCUT2D eigenvalue weighted by molar-refractivity contribution is -0.118. The predicted octanol–water partition coefficient (Wildman–Crippen LogP) is -0.259. The van der Waals surface area contributed by atoms with Crippen LogP contribution in [0.3, 0.4) is 0 Å². The summed E-state index contributed by atoms with van der Waals surface area (Å²) in [6.07, 6.45) is 6.71. The fourth-order valence-corrected chi connectivity index (χ4v) is 3.84. The summed E-state index contributed by atoms with van der Waals surface area (Å²) >= 11 is 0. The molecule has 3 rings (SSSR count). The average Bonchev–Trinajstić information content (AvgIpc) is 2.46. The molecule has 2 N–H and O–H groups in total. The lowest BCUT2D eigenvalue weighted by Gasteiger charge is -2.30. The number of amides is 1. The third-order valence-electron chi connectivity index (χ3n) is 4.04. The Kier molecular flexibility index (Phi) is 4.05. The first kappa shape index (κ1) is 15.2. The summed E-state index contributed by atoms with van der Waals surface area (Å²) in [6, 6.07) is 0.579. The van der Waals surface area contributed by atoms with E-state index in [2.05, 4.69) is 22.0 Å². The monoisotopic (exact) mass is 324 g/mol. The first-order valence-electron chi connectivity index (χ1n) is 7.46. The molecular weight excluding hydrogens is 304 g/mol. The van der Waals surface area contributed by atoms with E-state index in [0.29, 0.717) is 24.0 Å². The molecular formula is C14H20N4O3S. The summed E-state index contributed by atoms with van der Waals surface area (Å²) in [7, 11) is -3.36. The maximum atomic E-state index is 12.3. The maximum Gasteiger partial charge on any atom is 0.256 e. The molecule has 1 fully saturated rings. The van der Waals surface area contributed by atoms with Crippen LogP contribution in [-0.2, 0) is 14.8 Å². The van der Waals surface area contributed by atoms with Gasteiger partial charge in [-0.1, -0.05) is 0 Å². The molecule has 0 aliphatic carbocycles. The SMILES string of the molecule is CC1CC(NC(=O)C2=CN3CCS(=O)(=O)N=C3C=C2)CCN1. The quantitative estimate of drug-likeness (QED) is 0.730. The number of amidine groups is 1. The zero-order valence-corrected chi connectivity index (χ0v) is 13.3. The average molecular weight is 324 g/mol. The van der Waals surface area contributed by atoms with E-state index in [1.54, 1.807) is 23.3 Å². The number of hydrogen-bond acceptors (Lipinski definition) is 5. The van der Waals surface area contributed by atoms with E-state index in [-0.39, 0.29) is 17.7 Å². The zero-order valence-electron chi connectivity index (χ0n) is 12.4. The van der Waals surface area contributed by atoms with E-state index < -0.39 is 10.0 Å². The summed E-state index contributed by atoms with van der Waals surface area (Å²) in [5, 5.41) is 6.40. The third-order valence-corrected chi connectivity index (χ3v) is 5.21. The summed E-state index contributed by atoms with van der Waals surface area (Å²) in [5.74, 6) is 0.225. The van der Waals surface area contributed by atoms with Gasteiger partial charge in [0.25, 0.3) is 15.9 Å². The molecule has 3 aliphatic heterocycles. The fourth-order valence-electron chi connectivity index (χ4n) is 2.87. The van der Waals surface area contributed by atoms with Crippen LogP contribution < -0.4 is 10.6 Å². The Morgan fingerprint density at radius 2 is 2.27 bits per heavy atom. The summed E-state index contributed by atoms with van der Waals surface area (Å²) in [6.45, 7) is 3.34. The number of nitrogens with zero attached hydrogens (tertiary/aromatic N) is 2. The van der Waals surface area contributed by atoms with Crippen LogP contribution in [-0.4, -0.2) is 56.0 Å². The van der Waals surface area contributed by atoms with Crippen molar-refractivity contribution in [1.82, 2.24) is 15.5 Å². The van der Waals surface area contributed by atoms with Gasteiger partial charge in [0.05, 0.1) is 11.3 Å². The summed E-state index contributed by atoms with van der Waals surface area (Å²) in [4.78, 5) is 14.0. The van der Waals surface area contributed by atoms with Crippen molar-refractivity contribution in [1.29, 1.82) is 0 Å². The molecule has 0 aromatic heterocycles. The van der Waals surface area contributed by atoms with Crippen LogP contribution in [0.5, 0.6) is 0 Å². The van der Waals surface area contributed by atoms with Gasteiger partial charge in [-0.25, -0.2) is 8.42 Å². The number of carbonyl (C=O) groups excluding carboxylic acids is 1. The Morgan fingerprint density at radius 1 is 1.45 bits per heavy atom. The number of nitrogens with one attached hydrogen (secondary N) is 2. The Labute approximate surface area is 130 Å². The normalized spacial score (nSPS) is 30.1. The molecule has 0 spiro atoms. The maximum absolute atomic E-state index is 12.3. The van der Waals surface area contributed by atoms with Crippen molar-refractivity contribution in [3.63, 3.8) is 0 Å². The smallest absolute Gasteiger partial charge is 0.256 e. The molecule has 1 saturated heterocycles. The second-order valence-electron chi connectivity index (χ2n) is 5.90. The molecule has 7 nitrogen and oxygen atoms in total. The minimum Gasteiger partial charge on any atom is -0.349 e. The third kappa shape index (κ3) is 3.38. The highest BCUT2D eigenvalue weighted by Gasteiger charge is 2.26. The molecule has 2 unspecified atom stereocenters. The molecule has 3 heterocycles. The van der Waals surface area contributed by atoms with Gasteiger partial charge in [0.2, 0.25) is 0 Å². The Balaban J connectivity index is 1.68. The standard InChI is InChI=1S/C14H20N4O3S/c1-10-8-12(4-5-15-10)16-14(19)11-2-3-13-17-22(20,21)7-6-18(13)9-11/h2-3,9-10,12,15H,4-8H2,1H3,(H,16,19). The summed E-state index contributed by atoms with van der Waals surface area (Å²) < 4.78 is 26.6. The summed E-state index contributed by atoms with van der Waals surface area (Å²) in [5.41, 5.74) is 0.532. The first-order chi connectivity index (χ1) is 10.4. The number of sulfonamides is 1. The Bertz CT molecular complexity index is 666. The van der Waals surface area contributed by atoms with Crippen molar-refractivity contribution in [2.75, 3.05) is 18.8 Å². The van der Waals surface area contributed by atoms with Gasteiger partial charge in [0, 0.05) is 24.8 Å². The Hall–Kier alpha value is -1.67. The van der Waals surface area contributed by atoms with Gasteiger partial charge in [-0.05, 0) is 38.5 Å². The second kappa shape index (κ2) is 5.85. The molecule has 22 heavy (non-hydrogen) atoms. The van der Waals surface area contributed by atoms with Gasteiger partial charge >= 0.3 is 0 Å². The van der Waals surface area contributed by atoms with Crippen molar-refractivity contribution in [3.05, 3.63) is 23.9 Å². The molecule has 120 valence electrons. The van der Waals surface area contributed by atoms with Gasteiger partial charge in [-0.2, -0.15) is 0 Å². The van der Waals surface area contributed by atoms with Crippen LogP contribution in [0.4, 0.5) is 0 Å². The number of fused-ring (bicyclic) bond motifs is 1. The Morgan fingerprint density at radius 3 is 3.05 bits per heavy atom. The highest BCUT2D eigenvalue weighted by Crippen LogP contribution is 2.16. The largest absolute Gasteiger partial charge is 0.349 e. The van der Waals surface area contributed by atoms with E-state index in [9.17, 15) is 13.2 Å². The highest BCUT2D eigenvalue weighted by molar-refractivity contribution is 7.90. The lowest BCUT2D eigenvalue weighted by Crippen LogP contribution is -2.47. The van der Waals surface area contributed by atoms with E-state index in [4.69, 9.17) is 0 Å². The van der Waals surface area contributed by atoms with Gasteiger partial charge in [0.15, 0.2) is 0 Å². The van der Waals surface area contributed by atoms with Crippen LogP contribution in [0.2, 0.25) is 0 Å². The minimum absolute atomic E-state index is 0.0262. The molecule has 3 aliphatic rings. The molecule has 0 bridgehead atoms. The zero-order chi connectivity index (χ0) is 15.7. The van der Waals surface area contributed by atoms with Gasteiger partial charge in [0.1, 0.15) is 5.84 Å². The van der Waals surface area contributed by atoms with Crippen molar-refractivity contribution >= 4 is 21.8 Å². The number of carbonyl (C=O) groups is 1. The van der Waals surface area contributed by atoms with Gasteiger partial charge in [-0.3, -0.25) is 4.79 Å². The topological polar surface area (TPSA) is 90.9 Å². The highest BCUT2D eigenvalue weighted by atomic mass is 32.2. The molecule has 2 atom stereocenters. The van der Waals surface area contributed by atoms with Crippen molar-refractivity contribution in [2.24, 2.45) is 4.40 Å². The van der Waals surface area contributed by atoms with Crippen molar-refractivity contribution in [2.45, 2.75) is 31.8 Å². The van der Waals surface area contributed by atoms with E-state index >= 15 is 0 Å². The van der Waals surface area contributed by atoms with E-state index in [0.717, 1.165) is 19.4 Å². The predicted molar refractivity (Wildman–Crippen MR) is 83.8 cm³/mol.